The van der Waals surface area contributed by atoms with Crippen LogP contribution >= 0.6 is 0 Å². The third-order valence-electron chi connectivity index (χ3n) is 0.780. The van der Waals surface area contributed by atoms with Crippen molar-refractivity contribution in [2.24, 2.45) is 11.5 Å². The van der Waals surface area contributed by atoms with E-state index in [1.165, 1.54) is 0 Å². The molecule has 0 aliphatic heterocycles. The molecule has 0 radical (unpaired) electrons. The molecule has 0 aromatic rings. The van der Waals surface area contributed by atoms with E-state index in [-0.39, 0.29) is 5.91 Å². The Labute approximate surface area is 54.6 Å². The quantitative estimate of drug-likeness (QED) is 0.493. The normalized spacial score (nSPS) is 11.5. The average molecular weight is 397 g/mol. The van der Waals surface area contributed by atoms with Crippen molar-refractivity contribution in [2.45, 2.75) is 6.04 Å². The fourth-order valence-corrected chi connectivity index (χ4v) is 0.326. The second-order valence-corrected chi connectivity index (χ2v) is 1.69. The van der Waals surface area contributed by atoms with Crippen molar-refractivity contribution < 1.29 is 4.79 Å². The van der Waals surface area contributed by atoms with Gasteiger partial charge >= 0.3 is 0 Å². The number of rotatable bonds is 3. The second-order valence-electron chi connectivity index (χ2n) is 1.69. The van der Waals surface area contributed by atoms with Gasteiger partial charge in [0.15, 0.2) is 0 Å². The van der Waals surface area contributed by atoms with Crippen molar-refractivity contribution in [3.63, 3.8) is 0 Å². The van der Waals surface area contributed by atoms with Crippen molar-refractivity contribution in [3.05, 3.63) is 6.92 Å². The molecule has 0 aromatic carbocycles. The van der Waals surface area contributed by atoms with Gasteiger partial charge in [0.05, 0.1) is 0 Å². The summed E-state index contributed by atoms with van der Waals surface area (Å²) in [4.78, 5) is 10.5. The van der Waals surface area contributed by atoms with Crippen molar-refractivity contribution in [2.75, 3.05) is 13.1 Å². The molecule has 0 fully saturated rings. The van der Waals surface area contributed by atoms with Gasteiger partial charge in [0.1, 0.15) is 0 Å². The minimum atomic E-state index is -0.684. The Bertz CT molecular complexity index is 96.9. The molecule has 0 aromatic heterocycles. The zero-order chi connectivity index (χ0) is 7.28. The number of hydrogen-bond acceptors (Lipinski definition) is 3. The Kier molecular flexibility index (Phi) is 6.20. The zero-order valence-electron chi connectivity index (χ0n) is 5.97. The fraction of sp³-hybridized carbons (Fsp3) is 0.600. The molecule has 1 atom stereocenters. The monoisotopic (exact) mass is 397 g/mol. The van der Waals surface area contributed by atoms with Crippen LogP contribution in [0.3, 0.4) is 0 Å². The van der Waals surface area contributed by atoms with E-state index in [9.17, 15) is 4.79 Å². The summed E-state index contributed by atoms with van der Waals surface area (Å²) in [6.45, 7) is 4.21. The first-order valence-electron chi connectivity index (χ1n) is 2.75. The standard InChI is InChI=1S/C5H12N3O.Rf/c1-4(7)5(9)8-3-2-6;/h4H,1-3,6-7H2,(H,8,9);/q-1;. The molecule has 0 saturated heterocycles. The maximum atomic E-state index is 10.5. The van der Waals surface area contributed by atoms with Crippen LogP contribution in [0.15, 0.2) is 0 Å². The van der Waals surface area contributed by atoms with Crippen molar-refractivity contribution in [1.29, 1.82) is 0 Å². The summed E-state index contributed by atoms with van der Waals surface area (Å²) < 4.78 is 0. The van der Waals surface area contributed by atoms with Gasteiger partial charge in [-0.3, -0.25) is 4.79 Å². The number of nitrogens with one attached hydrogen (secondary N) is 1. The van der Waals surface area contributed by atoms with Crippen LogP contribution < -0.4 is 16.8 Å². The average Bonchev–Trinajstić information content (AvgIpc) is 1.82. The SMILES string of the molecule is [CH2-]C(N)C(=O)NCCN.[Rf]. The van der Waals surface area contributed by atoms with E-state index >= 15 is 0 Å². The van der Waals surface area contributed by atoms with Gasteiger partial charge in [-0.05, 0) is 6.04 Å². The Morgan fingerprint density at radius 2 is 2.20 bits per heavy atom. The van der Waals surface area contributed by atoms with Crippen LogP contribution in [0.5, 0.6) is 0 Å². The minimum absolute atomic E-state index is 0. The predicted octanol–water partition coefficient (Wildman–Crippen LogP) is -1.78. The molecule has 5 heteroatoms. The summed E-state index contributed by atoms with van der Waals surface area (Å²) in [5.74, 6) is -0.263. The van der Waals surface area contributed by atoms with E-state index in [0.717, 1.165) is 0 Å². The topological polar surface area (TPSA) is 81.1 Å². The third-order valence-corrected chi connectivity index (χ3v) is 0.780. The van der Waals surface area contributed by atoms with Crippen LogP contribution in [0, 0.1) is 6.92 Å². The van der Waals surface area contributed by atoms with Crippen molar-refractivity contribution in [3.8, 4) is 0 Å². The first kappa shape index (κ1) is 11.2. The Morgan fingerprint density at radius 3 is 2.50 bits per heavy atom. The summed E-state index contributed by atoms with van der Waals surface area (Å²) in [6.07, 6.45) is 0. The summed E-state index contributed by atoms with van der Waals surface area (Å²) >= 11 is 0. The smallest absolute Gasteiger partial charge is 0.205 e. The largest absolute Gasteiger partial charge is 0.356 e. The Morgan fingerprint density at radius 1 is 1.70 bits per heavy atom. The van der Waals surface area contributed by atoms with Crippen LogP contribution in [-0.4, -0.2) is 25.0 Å². The van der Waals surface area contributed by atoms with Gasteiger partial charge in [-0.1, -0.05) is 0 Å². The van der Waals surface area contributed by atoms with Crippen molar-refractivity contribution >= 4 is 5.91 Å². The number of nitrogens with two attached hydrogens (primary N) is 2. The van der Waals surface area contributed by atoms with Gasteiger partial charge in [0.2, 0.25) is 5.91 Å². The molecule has 0 spiro atoms. The van der Waals surface area contributed by atoms with Gasteiger partial charge < -0.3 is 23.7 Å². The Hall–Kier alpha value is -1.61. The van der Waals surface area contributed by atoms with E-state index in [1.54, 1.807) is 0 Å². The molecule has 10 heavy (non-hydrogen) atoms. The first-order valence-corrected chi connectivity index (χ1v) is 2.75. The maximum Gasteiger partial charge on any atom is 0.205 e. The van der Waals surface area contributed by atoms with Gasteiger partial charge in [0, 0.05) is 13.1 Å². The van der Waals surface area contributed by atoms with Crippen LogP contribution in [0.25, 0.3) is 0 Å². The molecule has 0 rings (SSSR count). The number of carbonyl (C=O) groups is 1. The summed E-state index contributed by atoms with van der Waals surface area (Å²) in [6, 6.07) is -0.684. The van der Waals surface area contributed by atoms with Gasteiger partial charge in [-0.25, -0.2) is 0 Å². The van der Waals surface area contributed by atoms with Gasteiger partial charge in [-0.2, -0.15) is 0 Å². The molecule has 0 saturated carbocycles. The molecule has 1 amide bonds. The van der Waals surface area contributed by atoms with Crippen molar-refractivity contribution in [1.82, 2.24) is 5.32 Å². The molecule has 5 N–H and O–H groups in total. The molecule has 56 valence electrons. The first-order chi connectivity index (χ1) is 4.18. The van der Waals surface area contributed by atoms with Gasteiger partial charge in [0.25, 0.3) is 0 Å². The van der Waals surface area contributed by atoms with E-state index in [2.05, 4.69) is 12.2 Å². The van der Waals surface area contributed by atoms with Crippen LogP contribution in [0.2, 0.25) is 0 Å². The number of amides is 1. The van der Waals surface area contributed by atoms with Crippen LogP contribution in [0.4, 0.5) is 0 Å². The molecule has 0 bridgehead atoms. The van der Waals surface area contributed by atoms with E-state index in [1.807, 2.05) is 0 Å². The Balaban J connectivity index is 0. The third kappa shape index (κ3) is 4.55. The number of hydrogen-bond donors (Lipinski definition) is 3. The number of carbonyl (C=O) groups excluding carboxylic acids is 1. The molecular weight excluding hydrogens is 385 g/mol. The molecule has 4 nitrogen and oxygen atoms in total. The summed E-state index contributed by atoms with van der Waals surface area (Å²) in [5, 5.41) is 2.48. The maximum absolute atomic E-state index is 10.5. The van der Waals surface area contributed by atoms with E-state index in [4.69, 9.17) is 11.5 Å². The molecule has 0 aliphatic rings. The summed E-state index contributed by atoms with van der Waals surface area (Å²) in [5.41, 5.74) is 10.2. The van der Waals surface area contributed by atoms with Gasteiger partial charge in [-0.15, -0.1) is 0 Å². The summed E-state index contributed by atoms with van der Waals surface area (Å²) in [7, 11) is 0. The molecule has 1 unspecified atom stereocenters. The molecular formula is C5H12N3ORf-. The fourth-order valence-electron chi connectivity index (χ4n) is 0.326. The minimum Gasteiger partial charge on any atom is -0.356 e. The molecule has 0 heterocycles. The van der Waals surface area contributed by atoms with E-state index < -0.39 is 6.04 Å². The zero-order valence-corrected chi connectivity index (χ0v) is 12.4. The predicted molar refractivity (Wildman–Crippen MR) is 35.4 cm³/mol. The van der Waals surface area contributed by atoms with Crippen LogP contribution in [0.1, 0.15) is 0 Å². The van der Waals surface area contributed by atoms with E-state index in [0.29, 0.717) is 13.1 Å². The second kappa shape index (κ2) is 5.53. The molecule has 0 aliphatic carbocycles. The van der Waals surface area contributed by atoms with Crippen LogP contribution in [-0.2, 0) is 4.79 Å².